The molecule has 2 aromatic carbocycles. The highest BCUT2D eigenvalue weighted by Crippen LogP contribution is 2.43. The lowest BCUT2D eigenvalue weighted by atomic mass is 9.98. The molecule has 0 saturated carbocycles. The van der Waals surface area contributed by atoms with Crippen LogP contribution < -0.4 is 10.3 Å². The lowest BCUT2D eigenvalue weighted by molar-refractivity contribution is -0.384. The van der Waals surface area contributed by atoms with Gasteiger partial charge in [0.1, 0.15) is 10.5 Å². The Balaban J connectivity index is 1.76. The summed E-state index contributed by atoms with van der Waals surface area (Å²) < 4.78 is 10.9. The highest BCUT2D eigenvalue weighted by Gasteiger charge is 2.45. The van der Waals surface area contributed by atoms with Crippen molar-refractivity contribution in [3.05, 3.63) is 96.3 Å². The van der Waals surface area contributed by atoms with Gasteiger partial charge in [-0.3, -0.25) is 24.6 Å². The maximum absolute atomic E-state index is 13.6. The van der Waals surface area contributed by atoms with Gasteiger partial charge in [-0.15, -0.1) is 0 Å². The zero-order chi connectivity index (χ0) is 24.9. The van der Waals surface area contributed by atoms with Crippen molar-refractivity contribution in [3.63, 3.8) is 0 Å². The van der Waals surface area contributed by atoms with Crippen molar-refractivity contribution >= 4 is 45.0 Å². The zero-order valence-electron chi connectivity index (χ0n) is 18.5. The maximum atomic E-state index is 13.6. The molecule has 0 radical (unpaired) electrons. The minimum absolute atomic E-state index is 0.0553. The molecule has 0 bridgehead atoms. The van der Waals surface area contributed by atoms with E-state index in [1.807, 2.05) is 0 Å². The molecule has 0 aliphatic carbocycles. The number of carbonyl (C=O) groups excluding carboxylic acids is 2. The highest BCUT2D eigenvalue weighted by atomic mass is 32.1. The Morgan fingerprint density at radius 3 is 2.74 bits per heavy atom. The minimum atomic E-state index is -1.04. The third-order valence-corrected chi connectivity index (χ3v) is 6.76. The first-order valence-electron chi connectivity index (χ1n) is 10.6. The number of para-hydroxylation sites is 1. The fourth-order valence-corrected chi connectivity index (χ4v) is 5.10. The van der Waals surface area contributed by atoms with E-state index >= 15 is 0 Å². The number of esters is 1. The van der Waals surface area contributed by atoms with Crippen molar-refractivity contribution in [1.29, 1.82) is 0 Å². The van der Waals surface area contributed by atoms with Gasteiger partial charge in [-0.1, -0.05) is 35.6 Å². The van der Waals surface area contributed by atoms with Gasteiger partial charge in [-0.05, 0) is 31.5 Å². The molecule has 11 heteroatoms. The van der Waals surface area contributed by atoms with E-state index in [-0.39, 0.29) is 44.6 Å². The summed E-state index contributed by atoms with van der Waals surface area (Å²) in [5.74, 6) is -1.39. The molecule has 5 rings (SSSR count). The van der Waals surface area contributed by atoms with E-state index in [9.17, 15) is 24.5 Å². The molecule has 1 atom stereocenters. The highest BCUT2D eigenvalue weighted by molar-refractivity contribution is 7.17. The number of thiazole rings is 1. The molecular formula is C24H17N3O7S. The number of nitro groups is 1. The maximum Gasteiger partial charge on any atom is 0.350 e. The average Bonchev–Trinajstić information content (AvgIpc) is 3.37. The molecule has 176 valence electrons. The predicted octanol–water partition coefficient (Wildman–Crippen LogP) is 4.39. The van der Waals surface area contributed by atoms with Gasteiger partial charge in [-0.2, -0.15) is 0 Å². The van der Waals surface area contributed by atoms with Gasteiger partial charge >= 0.3 is 5.97 Å². The summed E-state index contributed by atoms with van der Waals surface area (Å²) >= 11 is 0.940. The molecule has 1 aliphatic rings. The fraction of sp³-hybridized carbons (Fsp3) is 0.167. The number of nitro benzene ring substituents is 1. The van der Waals surface area contributed by atoms with Crippen molar-refractivity contribution in [1.82, 2.24) is 4.98 Å². The molecule has 1 amide bonds. The second-order valence-corrected chi connectivity index (χ2v) is 8.71. The second kappa shape index (κ2) is 8.44. The molecule has 0 saturated heterocycles. The van der Waals surface area contributed by atoms with Crippen molar-refractivity contribution in [3.8, 4) is 0 Å². The molecule has 2 aromatic heterocycles. The number of fused-ring (bicyclic) bond motifs is 2. The number of hydrogen-bond donors (Lipinski definition) is 0. The molecular weight excluding hydrogens is 474 g/mol. The molecule has 0 spiro atoms. The number of amides is 1. The van der Waals surface area contributed by atoms with Gasteiger partial charge in [0.05, 0.1) is 34.2 Å². The summed E-state index contributed by atoms with van der Waals surface area (Å²) in [7, 11) is 0. The van der Waals surface area contributed by atoms with Crippen LogP contribution in [0.1, 0.15) is 50.0 Å². The van der Waals surface area contributed by atoms with Gasteiger partial charge < -0.3 is 9.15 Å². The van der Waals surface area contributed by atoms with Crippen LogP contribution in [0.2, 0.25) is 0 Å². The summed E-state index contributed by atoms with van der Waals surface area (Å²) in [6, 6.07) is 11.2. The summed E-state index contributed by atoms with van der Waals surface area (Å²) in [4.78, 5) is 56.3. The fourth-order valence-electron chi connectivity index (χ4n) is 4.11. The molecule has 10 nitrogen and oxygen atoms in total. The second-order valence-electron chi connectivity index (χ2n) is 7.73. The third kappa shape index (κ3) is 3.56. The van der Waals surface area contributed by atoms with Crippen molar-refractivity contribution in [2.45, 2.75) is 19.9 Å². The normalized spacial score (nSPS) is 14.9. The number of non-ortho nitro benzene ring substituents is 1. The number of hydrogen-bond acceptors (Lipinski definition) is 9. The van der Waals surface area contributed by atoms with E-state index < -0.39 is 28.3 Å². The van der Waals surface area contributed by atoms with E-state index in [0.29, 0.717) is 11.3 Å². The first-order valence-corrected chi connectivity index (χ1v) is 11.4. The van der Waals surface area contributed by atoms with Crippen LogP contribution in [0.25, 0.3) is 11.0 Å². The SMILES string of the molecule is CCOC(=O)c1sc(N2C(=O)c3oc4ccccc4c(=O)c3[C@H]2c2cccc([N+](=O)[O-])c2)nc1C. The average molecular weight is 491 g/mol. The summed E-state index contributed by atoms with van der Waals surface area (Å²) in [5.41, 5.74) is 0.365. The topological polar surface area (TPSA) is 133 Å². The van der Waals surface area contributed by atoms with Crippen LogP contribution in [0.15, 0.2) is 57.7 Å². The summed E-state index contributed by atoms with van der Waals surface area (Å²) in [5, 5.41) is 11.9. The van der Waals surface area contributed by atoms with Crippen molar-refractivity contribution < 1.29 is 23.7 Å². The molecule has 0 N–H and O–H groups in total. The number of benzene rings is 2. The molecule has 3 heterocycles. The molecule has 1 aliphatic heterocycles. The number of anilines is 1. The van der Waals surface area contributed by atoms with Gasteiger partial charge in [-0.25, -0.2) is 9.78 Å². The van der Waals surface area contributed by atoms with Crippen LogP contribution in [0.4, 0.5) is 10.8 Å². The van der Waals surface area contributed by atoms with E-state index in [1.54, 1.807) is 44.2 Å². The lowest BCUT2D eigenvalue weighted by Crippen LogP contribution is -2.29. The Kier molecular flexibility index (Phi) is 5.40. The van der Waals surface area contributed by atoms with Crippen LogP contribution in [-0.4, -0.2) is 28.4 Å². The monoisotopic (exact) mass is 491 g/mol. The lowest BCUT2D eigenvalue weighted by Gasteiger charge is -2.22. The van der Waals surface area contributed by atoms with E-state index in [4.69, 9.17) is 9.15 Å². The number of aryl methyl sites for hydroxylation is 1. The Morgan fingerprint density at radius 1 is 1.23 bits per heavy atom. The molecule has 4 aromatic rings. The Hall–Kier alpha value is -4.38. The number of aromatic nitrogens is 1. The Morgan fingerprint density at radius 2 is 2.00 bits per heavy atom. The van der Waals surface area contributed by atoms with Crippen LogP contribution >= 0.6 is 11.3 Å². The smallest absolute Gasteiger partial charge is 0.350 e. The first kappa shape index (κ1) is 22.4. The molecule has 0 fully saturated rings. The van der Waals surface area contributed by atoms with Crippen molar-refractivity contribution in [2.75, 3.05) is 11.5 Å². The predicted molar refractivity (Wildman–Crippen MR) is 127 cm³/mol. The zero-order valence-corrected chi connectivity index (χ0v) is 19.3. The van der Waals surface area contributed by atoms with Gasteiger partial charge in [0, 0.05) is 12.1 Å². The number of ether oxygens (including phenoxy) is 1. The quantitative estimate of drug-likeness (QED) is 0.228. The number of nitrogens with zero attached hydrogens (tertiary/aromatic N) is 3. The molecule has 0 unspecified atom stereocenters. The van der Waals surface area contributed by atoms with Gasteiger partial charge in [0.15, 0.2) is 10.6 Å². The molecule has 35 heavy (non-hydrogen) atoms. The van der Waals surface area contributed by atoms with E-state index in [1.165, 1.54) is 23.1 Å². The Labute approximate surface area is 201 Å². The largest absolute Gasteiger partial charge is 0.462 e. The Bertz CT molecular complexity index is 1590. The van der Waals surface area contributed by atoms with Gasteiger partial charge in [0.2, 0.25) is 5.76 Å². The van der Waals surface area contributed by atoms with Crippen LogP contribution in [0, 0.1) is 17.0 Å². The standard InChI is InChI=1S/C24H17N3O7S/c1-3-33-23(30)21-12(2)25-24(35-21)26-18(13-7-6-8-14(11-13)27(31)32)17-19(28)15-9-4-5-10-16(15)34-20(17)22(26)29/h4-11,18H,3H2,1-2H3/t18-/m1/s1. The number of rotatable bonds is 5. The number of carbonyl (C=O) groups is 2. The third-order valence-electron chi connectivity index (χ3n) is 5.63. The van der Waals surface area contributed by atoms with E-state index in [2.05, 4.69) is 4.98 Å². The van der Waals surface area contributed by atoms with Crippen LogP contribution in [-0.2, 0) is 4.74 Å². The van der Waals surface area contributed by atoms with Crippen molar-refractivity contribution in [2.24, 2.45) is 0 Å². The summed E-state index contributed by atoms with van der Waals surface area (Å²) in [6.07, 6.45) is 0. The summed E-state index contributed by atoms with van der Waals surface area (Å²) in [6.45, 7) is 3.46. The van der Waals surface area contributed by atoms with Crippen LogP contribution in [0.5, 0.6) is 0 Å². The minimum Gasteiger partial charge on any atom is -0.462 e. The van der Waals surface area contributed by atoms with Crippen LogP contribution in [0.3, 0.4) is 0 Å². The van der Waals surface area contributed by atoms with Gasteiger partial charge in [0.25, 0.3) is 11.6 Å². The first-order chi connectivity index (χ1) is 16.8. The van der Waals surface area contributed by atoms with E-state index in [0.717, 1.165) is 11.3 Å².